The van der Waals surface area contributed by atoms with Crippen molar-refractivity contribution in [1.29, 1.82) is 0 Å². The van der Waals surface area contributed by atoms with E-state index >= 15 is 0 Å². The van der Waals surface area contributed by atoms with Gasteiger partial charge in [0.2, 0.25) is 0 Å². The molecule has 0 saturated heterocycles. The molecule has 0 aromatic heterocycles. The van der Waals surface area contributed by atoms with E-state index in [0.29, 0.717) is 24.3 Å². The number of halogens is 1. The summed E-state index contributed by atoms with van der Waals surface area (Å²) < 4.78 is 13.2. The first-order valence-electron chi connectivity index (χ1n) is 6.08. The van der Waals surface area contributed by atoms with E-state index in [9.17, 15) is 14.3 Å². The fourth-order valence-electron chi connectivity index (χ4n) is 2.86. The first-order valence-corrected chi connectivity index (χ1v) is 6.08. The molecular formula is C14H17FO2. The van der Waals surface area contributed by atoms with Crippen LogP contribution in [0.15, 0.2) is 24.3 Å². The van der Waals surface area contributed by atoms with Crippen LogP contribution in [0.25, 0.3) is 0 Å². The first-order chi connectivity index (χ1) is 8.08. The maximum atomic E-state index is 13.2. The lowest BCUT2D eigenvalue weighted by atomic mass is 9.57. The summed E-state index contributed by atoms with van der Waals surface area (Å²) in [7, 11) is 0. The molecule has 0 radical (unpaired) electrons. The quantitative estimate of drug-likeness (QED) is 0.870. The Morgan fingerprint density at radius 3 is 2.76 bits per heavy atom. The zero-order valence-electron chi connectivity index (χ0n) is 9.95. The Bertz CT molecular complexity index is 422. The van der Waals surface area contributed by atoms with Crippen LogP contribution in [0.4, 0.5) is 4.39 Å². The van der Waals surface area contributed by atoms with Crippen LogP contribution < -0.4 is 0 Å². The van der Waals surface area contributed by atoms with E-state index in [2.05, 4.69) is 6.92 Å². The van der Waals surface area contributed by atoms with Gasteiger partial charge in [0.25, 0.3) is 0 Å². The highest BCUT2D eigenvalue weighted by atomic mass is 19.1. The summed E-state index contributed by atoms with van der Waals surface area (Å²) in [6, 6.07) is 6.01. The van der Waals surface area contributed by atoms with Crippen molar-refractivity contribution in [2.24, 2.45) is 5.92 Å². The van der Waals surface area contributed by atoms with Gasteiger partial charge in [0.1, 0.15) is 5.82 Å². The van der Waals surface area contributed by atoms with Crippen molar-refractivity contribution >= 4 is 5.97 Å². The second kappa shape index (κ2) is 4.47. The topological polar surface area (TPSA) is 37.3 Å². The summed E-state index contributed by atoms with van der Waals surface area (Å²) >= 11 is 0. The van der Waals surface area contributed by atoms with Crippen molar-refractivity contribution in [3.05, 3.63) is 35.6 Å². The Morgan fingerprint density at radius 1 is 1.53 bits per heavy atom. The van der Waals surface area contributed by atoms with Gasteiger partial charge in [0.15, 0.2) is 0 Å². The largest absolute Gasteiger partial charge is 0.481 e. The lowest BCUT2D eigenvalue weighted by molar-refractivity contribution is -0.150. The average Bonchev–Trinajstić information content (AvgIpc) is 2.22. The van der Waals surface area contributed by atoms with Gasteiger partial charge >= 0.3 is 5.97 Å². The van der Waals surface area contributed by atoms with Crippen LogP contribution in [0, 0.1) is 11.7 Å². The van der Waals surface area contributed by atoms with Crippen LogP contribution in [0.5, 0.6) is 0 Å². The van der Waals surface area contributed by atoms with Crippen molar-refractivity contribution in [1.82, 2.24) is 0 Å². The average molecular weight is 236 g/mol. The van der Waals surface area contributed by atoms with E-state index < -0.39 is 11.4 Å². The molecule has 0 unspecified atom stereocenters. The van der Waals surface area contributed by atoms with E-state index in [1.54, 1.807) is 12.1 Å². The maximum absolute atomic E-state index is 13.2. The number of rotatable bonds is 4. The highest BCUT2D eigenvalue weighted by Crippen LogP contribution is 2.49. The summed E-state index contributed by atoms with van der Waals surface area (Å²) in [6.07, 6.45) is 3.41. The number of carboxylic acids is 1. The zero-order valence-corrected chi connectivity index (χ0v) is 9.95. The van der Waals surface area contributed by atoms with Crippen molar-refractivity contribution in [2.45, 2.75) is 38.0 Å². The summed E-state index contributed by atoms with van der Waals surface area (Å²) in [5.41, 5.74) is -0.237. The molecule has 2 nitrogen and oxygen atoms in total. The van der Waals surface area contributed by atoms with Crippen LogP contribution in [-0.4, -0.2) is 11.1 Å². The van der Waals surface area contributed by atoms with Gasteiger partial charge < -0.3 is 5.11 Å². The minimum atomic E-state index is -0.845. The van der Waals surface area contributed by atoms with Gasteiger partial charge in [-0.1, -0.05) is 31.9 Å². The van der Waals surface area contributed by atoms with E-state index in [1.807, 2.05) is 0 Å². The molecule has 1 aliphatic rings. The van der Waals surface area contributed by atoms with Crippen molar-refractivity contribution in [3.63, 3.8) is 0 Å². The number of hydrogen-bond donors (Lipinski definition) is 1. The third kappa shape index (κ3) is 2.06. The third-order valence-electron chi connectivity index (χ3n) is 3.76. The standard InChI is InChI=1S/C14H17FO2/c1-2-4-10-8-14(9-10,13(16)17)11-5-3-6-12(15)7-11/h3,5-7,10H,2,4,8-9H2,1H3,(H,16,17). The molecule has 17 heavy (non-hydrogen) atoms. The van der Waals surface area contributed by atoms with Gasteiger partial charge in [-0.15, -0.1) is 0 Å². The number of benzene rings is 1. The Hall–Kier alpha value is -1.38. The predicted molar refractivity (Wildman–Crippen MR) is 63.3 cm³/mol. The number of hydrogen-bond acceptors (Lipinski definition) is 1. The van der Waals surface area contributed by atoms with Crippen molar-refractivity contribution in [2.75, 3.05) is 0 Å². The van der Waals surface area contributed by atoms with Crippen LogP contribution in [0.1, 0.15) is 38.2 Å². The van der Waals surface area contributed by atoms with Gasteiger partial charge in [0, 0.05) is 0 Å². The lowest BCUT2D eigenvalue weighted by Gasteiger charge is -2.45. The molecule has 1 aliphatic carbocycles. The Morgan fingerprint density at radius 2 is 2.24 bits per heavy atom. The summed E-state index contributed by atoms with van der Waals surface area (Å²) in [5.74, 6) is -0.711. The summed E-state index contributed by atoms with van der Waals surface area (Å²) in [4.78, 5) is 11.4. The fourth-order valence-corrected chi connectivity index (χ4v) is 2.86. The molecule has 0 spiro atoms. The Balaban J connectivity index is 2.23. The second-order valence-electron chi connectivity index (χ2n) is 4.96. The van der Waals surface area contributed by atoms with Gasteiger partial charge in [-0.25, -0.2) is 4.39 Å². The molecule has 0 amide bonds. The molecule has 0 bridgehead atoms. The smallest absolute Gasteiger partial charge is 0.314 e. The second-order valence-corrected chi connectivity index (χ2v) is 4.96. The molecule has 1 aromatic carbocycles. The molecule has 1 saturated carbocycles. The molecule has 1 aromatic rings. The zero-order chi connectivity index (χ0) is 12.5. The lowest BCUT2D eigenvalue weighted by Crippen LogP contribution is -2.47. The minimum absolute atomic E-state index is 0.359. The molecule has 1 fully saturated rings. The van der Waals surface area contributed by atoms with Crippen molar-refractivity contribution in [3.8, 4) is 0 Å². The maximum Gasteiger partial charge on any atom is 0.314 e. The van der Waals surface area contributed by atoms with Gasteiger partial charge in [0.05, 0.1) is 5.41 Å². The number of aliphatic carboxylic acids is 1. The third-order valence-corrected chi connectivity index (χ3v) is 3.76. The van der Waals surface area contributed by atoms with Crippen LogP contribution in [0.2, 0.25) is 0 Å². The molecule has 0 aliphatic heterocycles. The van der Waals surface area contributed by atoms with E-state index in [0.717, 1.165) is 12.8 Å². The first kappa shape index (κ1) is 12.1. The SMILES string of the molecule is CCCC1CC(C(=O)O)(c2cccc(F)c2)C1. The minimum Gasteiger partial charge on any atom is -0.481 e. The Kier molecular flexibility index (Phi) is 3.18. The molecular weight excluding hydrogens is 219 g/mol. The van der Waals surface area contributed by atoms with E-state index in [1.165, 1.54) is 12.1 Å². The van der Waals surface area contributed by atoms with Crippen molar-refractivity contribution < 1.29 is 14.3 Å². The van der Waals surface area contributed by atoms with Gasteiger partial charge in [-0.05, 0) is 36.5 Å². The number of carboxylic acid groups (broad SMARTS) is 1. The molecule has 1 N–H and O–H groups in total. The fraction of sp³-hybridized carbons (Fsp3) is 0.500. The molecule has 0 atom stereocenters. The summed E-state index contributed by atoms with van der Waals surface area (Å²) in [5, 5.41) is 9.39. The molecule has 0 heterocycles. The highest BCUT2D eigenvalue weighted by Gasteiger charge is 2.51. The van der Waals surface area contributed by atoms with E-state index in [4.69, 9.17) is 0 Å². The normalized spacial score (nSPS) is 27.5. The van der Waals surface area contributed by atoms with Gasteiger partial charge in [-0.3, -0.25) is 4.79 Å². The van der Waals surface area contributed by atoms with Crippen LogP contribution in [-0.2, 0) is 10.2 Å². The van der Waals surface area contributed by atoms with Crippen LogP contribution >= 0.6 is 0 Å². The molecule has 3 heteroatoms. The van der Waals surface area contributed by atoms with Gasteiger partial charge in [-0.2, -0.15) is 0 Å². The molecule has 92 valence electrons. The van der Waals surface area contributed by atoms with Crippen LogP contribution in [0.3, 0.4) is 0 Å². The number of carbonyl (C=O) groups is 1. The summed E-state index contributed by atoms with van der Waals surface area (Å²) in [6.45, 7) is 2.10. The Labute approximate surface area is 100 Å². The molecule has 2 rings (SSSR count). The van der Waals surface area contributed by atoms with E-state index in [-0.39, 0.29) is 5.82 Å². The highest BCUT2D eigenvalue weighted by molar-refractivity contribution is 5.82. The monoisotopic (exact) mass is 236 g/mol. The predicted octanol–water partition coefficient (Wildman–Crippen LogP) is 3.36.